The van der Waals surface area contributed by atoms with Gasteiger partial charge in [0, 0.05) is 16.7 Å². The predicted octanol–water partition coefficient (Wildman–Crippen LogP) is 5.42. The van der Waals surface area contributed by atoms with Crippen LogP contribution in [0.15, 0.2) is 41.3 Å². The Bertz CT molecular complexity index is 931. The molecule has 0 unspecified atom stereocenters. The van der Waals surface area contributed by atoms with E-state index < -0.39 is 0 Å². The van der Waals surface area contributed by atoms with Gasteiger partial charge in [-0.2, -0.15) is 0 Å². The molecule has 0 radical (unpaired) electrons. The molecule has 1 aliphatic rings. The first kappa shape index (κ1) is 19.0. The van der Waals surface area contributed by atoms with Crippen LogP contribution in [-0.4, -0.2) is 24.4 Å². The third-order valence-electron chi connectivity index (χ3n) is 3.67. The number of thioether (sulfide) groups is 1. The van der Waals surface area contributed by atoms with Crippen LogP contribution in [-0.2, 0) is 4.79 Å². The summed E-state index contributed by atoms with van der Waals surface area (Å²) < 4.78 is 11.0. The number of carbonyl (C=O) groups excluding carboxylic acids is 1. The molecular weight excluding hydrogens is 413 g/mol. The highest BCUT2D eigenvalue weighted by atomic mass is 35.5. The number of benzene rings is 2. The number of ether oxygens (including phenoxy) is 2. The van der Waals surface area contributed by atoms with Crippen molar-refractivity contribution in [3.8, 4) is 11.5 Å². The third kappa shape index (κ3) is 3.69. The fourth-order valence-electron chi connectivity index (χ4n) is 2.42. The Hall–Kier alpha value is -1.73. The maximum absolute atomic E-state index is 12.9. The van der Waals surface area contributed by atoms with E-state index in [9.17, 15) is 4.79 Å². The molecule has 4 nitrogen and oxygen atoms in total. The second kappa shape index (κ2) is 7.88. The predicted molar refractivity (Wildman–Crippen MR) is 112 cm³/mol. The summed E-state index contributed by atoms with van der Waals surface area (Å²) >= 11 is 18.7. The number of hydrogen-bond donors (Lipinski definition) is 0. The highest BCUT2D eigenvalue weighted by molar-refractivity contribution is 8.27. The maximum Gasteiger partial charge on any atom is 0.270 e. The molecule has 0 saturated carbocycles. The monoisotopic (exact) mass is 425 g/mol. The molecule has 26 heavy (non-hydrogen) atoms. The van der Waals surface area contributed by atoms with Crippen molar-refractivity contribution < 1.29 is 14.3 Å². The van der Waals surface area contributed by atoms with Crippen LogP contribution >= 0.6 is 47.2 Å². The Morgan fingerprint density at radius 1 is 1.12 bits per heavy atom. The van der Waals surface area contributed by atoms with Gasteiger partial charge in [0.2, 0.25) is 0 Å². The zero-order chi connectivity index (χ0) is 18.8. The number of amides is 1. The van der Waals surface area contributed by atoms with E-state index in [0.29, 0.717) is 36.5 Å². The van der Waals surface area contributed by atoms with Crippen LogP contribution in [0, 0.1) is 0 Å². The number of hydrogen-bond acceptors (Lipinski definition) is 5. The molecule has 0 aromatic heterocycles. The van der Waals surface area contributed by atoms with Crippen LogP contribution in [0.4, 0.5) is 5.69 Å². The number of anilines is 1. The summed E-state index contributed by atoms with van der Waals surface area (Å²) in [4.78, 5) is 14.8. The normalized spacial score (nSPS) is 15.7. The highest BCUT2D eigenvalue weighted by Crippen LogP contribution is 2.40. The smallest absolute Gasteiger partial charge is 0.270 e. The van der Waals surface area contributed by atoms with Crippen molar-refractivity contribution in [3.05, 3.63) is 56.9 Å². The number of rotatable bonds is 4. The molecule has 3 rings (SSSR count). The van der Waals surface area contributed by atoms with E-state index in [0.717, 1.165) is 5.56 Å². The average molecular weight is 426 g/mol. The maximum atomic E-state index is 12.9. The van der Waals surface area contributed by atoms with Gasteiger partial charge in [-0.3, -0.25) is 9.69 Å². The topological polar surface area (TPSA) is 38.8 Å². The van der Waals surface area contributed by atoms with Crippen molar-refractivity contribution in [2.75, 3.05) is 19.1 Å². The summed E-state index contributed by atoms with van der Waals surface area (Å²) in [5.74, 6) is 1.01. The molecule has 1 fully saturated rings. The molecule has 0 bridgehead atoms. The second-order valence-electron chi connectivity index (χ2n) is 5.22. The van der Waals surface area contributed by atoms with Gasteiger partial charge in [-0.1, -0.05) is 47.2 Å². The van der Waals surface area contributed by atoms with E-state index in [-0.39, 0.29) is 5.91 Å². The summed E-state index contributed by atoms with van der Waals surface area (Å²) in [6, 6.07) is 10.3. The lowest BCUT2D eigenvalue weighted by atomic mass is 10.1. The molecule has 1 amide bonds. The summed E-state index contributed by atoms with van der Waals surface area (Å²) in [5.41, 5.74) is 1.25. The lowest BCUT2D eigenvalue weighted by molar-refractivity contribution is -0.113. The molecule has 1 saturated heterocycles. The van der Waals surface area contributed by atoms with Gasteiger partial charge in [0.1, 0.15) is 11.5 Å². The Morgan fingerprint density at radius 3 is 2.54 bits per heavy atom. The summed E-state index contributed by atoms with van der Waals surface area (Å²) in [6.07, 6.45) is 1.74. The molecular formula is C18H13Cl2NO3S2. The standard InChI is InChI=1S/C18H13Cl2NO3S2/c1-23-12-5-3-10(15(9-12)24-2)7-16-17(22)21(18(25)26-16)14-6-4-11(19)8-13(14)20/h3-9H,1-2H3. The van der Waals surface area contributed by atoms with E-state index in [1.165, 1.54) is 16.7 Å². The van der Waals surface area contributed by atoms with Crippen molar-refractivity contribution in [2.45, 2.75) is 0 Å². The fourth-order valence-corrected chi connectivity index (χ4v) is 4.19. The molecule has 0 atom stereocenters. The minimum Gasteiger partial charge on any atom is -0.497 e. The van der Waals surface area contributed by atoms with Crippen LogP contribution in [0.2, 0.25) is 10.0 Å². The number of methoxy groups -OCH3 is 2. The number of nitrogens with zero attached hydrogens (tertiary/aromatic N) is 1. The van der Waals surface area contributed by atoms with E-state index in [1.54, 1.807) is 50.6 Å². The first-order valence-corrected chi connectivity index (χ1v) is 9.37. The molecule has 1 heterocycles. The quantitative estimate of drug-likeness (QED) is 0.483. The molecule has 1 aliphatic heterocycles. The molecule has 0 spiro atoms. The SMILES string of the molecule is COc1ccc(C=C2SC(=S)N(c3ccc(Cl)cc3Cl)C2=O)c(OC)c1. The lowest BCUT2D eigenvalue weighted by Gasteiger charge is -2.16. The van der Waals surface area contributed by atoms with Gasteiger partial charge in [-0.05, 0) is 36.4 Å². The molecule has 0 aliphatic carbocycles. The van der Waals surface area contributed by atoms with Crippen molar-refractivity contribution in [1.82, 2.24) is 0 Å². The Morgan fingerprint density at radius 2 is 1.88 bits per heavy atom. The summed E-state index contributed by atoms with van der Waals surface area (Å²) in [7, 11) is 3.14. The third-order valence-corrected chi connectivity index (χ3v) is 5.51. The van der Waals surface area contributed by atoms with Crippen molar-refractivity contribution in [1.29, 1.82) is 0 Å². The van der Waals surface area contributed by atoms with E-state index in [4.69, 9.17) is 44.9 Å². The summed E-state index contributed by atoms with van der Waals surface area (Å²) in [5, 5.41) is 0.847. The van der Waals surface area contributed by atoms with Crippen LogP contribution < -0.4 is 14.4 Å². The van der Waals surface area contributed by atoms with Crippen molar-refractivity contribution in [3.63, 3.8) is 0 Å². The Labute approximate surface area is 170 Å². The zero-order valence-corrected chi connectivity index (χ0v) is 16.9. The lowest BCUT2D eigenvalue weighted by Crippen LogP contribution is -2.27. The minimum atomic E-state index is -0.248. The van der Waals surface area contributed by atoms with Crippen molar-refractivity contribution in [2.24, 2.45) is 0 Å². The van der Waals surface area contributed by atoms with Crippen LogP contribution in [0.5, 0.6) is 11.5 Å². The van der Waals surface area contributed by atoms with Crippen LogP contribution in [0.3, 0.4) is 0 Å². The largest absolute Gasteiger partial charge is 0.497 e. The van der Waals surface area contributed by atoms with Crippen molar-refractivity contribution >= 4 is 69.2 Å². The molecule has 0 N–H and O–H groups in total. The first-order valence-electron chi connectivity index (χ1n) is 7.39. The molecule has 8 heteroatoms. The Kier molecular flexibility index (Phi) is 5.77. The van der Waals surface area contributed by atoms with Gasteiger partial charge < -0.3 is 9.47 Å². The molecule has 134 valence electrons. The van der Waals surface area contributed by atoms with E-state index in [1.807, 2.05) is 6.07 Å². The van der Waals surface area contributed by atoms with Gasteiger partial charge in [-0.15, -0.1) is 0 Å². The minimum absolute atomic E-state index is 0.248. The molecule has 2 aromatic rings. The number of thiocarbonyl (C=S) groups is 1. The van der Waals surface area contributed by atoms with Gasteiger partial charge in [-0.25, -0.2) is 0 Å². The molecule has 2 aromatic carbocycles. The zero-order valence-electron chi connectivity index (χ0n) is 13.8. The average Bonchev–Trinajstić information content (AvgIpc) is 2.89. The fraction of sp³-hybridized carbons (Fsp3) is 0.111. The number of carbonyl (C=O) groups is 1. The first-order chi connectivity index (χ1) is 12.4. The number of halogens is 2. The van der Waals surface area contributed by atoms with Crippen LogP contribution in [0.1, 0.15) is 5.56 Å². The van der Waals surface area contributed by atoms with Gasteiger partial charge in [0.25, 0.3) is 5.91 Å². The van der Waals surface area contributed by atoms with Gasteiger partial charge in [0.15, 0.2) is 4.32 Å². The van der Waals surface area contributed by atoms with Crippen LogP contribution in [0.25, 0.3) is 6.08 Å². The van der Waals surface area contributed by atoms with E-state index >= 15 is 0 Å². The van der Waals surface area contributed by atoms with Gasteiger partial charge >= 0.3 is 0 Å². The highest BCUT2D eigenvalue weighted by Gasteiger charge is 2.34. The second-order valence-corrected chi connectivity index (χ2v) is 7.74. The summed E-state index contributed by atoms with van der Waals surface area (Å²) in [6.45, 7) is 0. The van der Waals surface area contributed by atoms with E-state index in [2.05, 4.69) is 0 Å². The Balaban J connectivity index is 1.97. The van der Waals surface area contributed by atoms with Gasteiger partial charge in [0.05, 0.1) is 29.8 Å².